The monoisotopic (exact) mass is 413 g/mol. The minimum Gasteiger partial charge on any atom is -0.497 e. The van der Waals surface area contributed by atoms with Crippen molar-refractivity contribution in [1.29, 1.82) is 5.26 Å². The van der Waals surface area contributed by atoms with Crippen LogP contribution in [0.2, 0.25) is 0 Å². The molecule has 0 radical (unpaired) electrons. The number of rotatable bonds is 3. The van der Waals surface area contributed by atoms with Crippen molar-refractivity contribution in [2.24, 2.45) is 5.73 Å². The summed E-state index contributed by atoms with van der Waals surface area (Å²) >= 11 is 0. The predicted molar refractivity (Wildman–Crippen MR) is 101 cm³/mol. The zero-order chi connectivity index (χ0) is 21.5. The van der Waals surface area contributed by atoms with Gasteiger partial charge in [-0.15, -0.1) is 0 Å². The van der Waals surface area contributed by atoms with Gasteiger partial charge in [-0.1, -0.05) is 24.3 Å². The van der Waals surface area contributed by atoms with Crippen LogP contribution < -0.4 is 10.5 Å². The zero-order valence-corrected chi connectivity index (χ0v) is 15.5. The molecule has 0 amide bonds. The maximum atomic E-state index is 13.9. The topological polar surface area (TPSA) is 94.3 Å². The molecular formula is C21H14F3N3O3. The van der Waals surface area contributed by atoms with Crippen LogP contribution in [-0.2, 0) is 4.74 Å². The smallest absolute Gasteiger partial charge is 0.450 e. The van der Waals surface area contributed by atoms with Gasteiger partial charge in [-0.3, -0.25) is 0 Å². The summed E-state index contributed by atoms with van der Waals surface area (Å²) in [4.78, 5) is 4.20. The van der Waals surface area contributed by atoms with Gasteiger partial charge in [-0.05, 0) is 29.8 Å². The van der Waals surface area contributed by atoms with Gasteiger partial charge in [0, 0.05) is 0 Å². The highest BCUT2D eigenvalue weighted by Gasteiger charge is 2.47. The minimum atomic E-state index is -4.90. The lowest BCUT2D eigenvalue weighted by molar-refractivity contribution is -0.124. The van der Waals surface area contributed by atoms with Crippen LogP contribution in [0.3, 0.4) is 0 Å². The molecule has 1 aliphatic heterocycles. The molecule has 1 aliphatic rings. The number of hydrogen-bond acceptors (Lipinski definition) is 6. The molecule has 30 heavy (non-hydrogen) atoms. The molecule has 2 N–H and O–H groups in total. The SMILES string of the molecule is COc1ccc([C@H]2C(C#N)=C(N)OC(C(F)(F)F)=C2c2nc3ccccc3o2)cc1. The molecule has 1 atom stereocenters. The van der Waals surface area contributed by atoms with Gasteiger partial charge in [-0.2, -0.15) is 18.4 Å². The van der Waals surface area contributed by atoms with Crippen LogP contribution in [0.25, 0.3) is 16.7 Å². The fourth-order valence-corrected chi connectivity index (χ4v) is 3.31. The standard InChI is InChI=1S/C21H14F3N3O3/c1-28-12-8-6-11(7-9-12)16-13(10-25)19(26)30-18(21(22,23)24)17(16)20-27-14-4-2-3-5-15(14)29-20/h2-9,16H,26H2,1H3/t16-/m0/s1. The maximum Gasteiger partial charge on any atom is 0.450 e. The van der Waals surface area contributed by atoms with Gasteiger partial charge >= 0.3 is 6.18 Å². The normalized spacial score (nSPS) is 17.1. The summed E-state index contributed by atoms with van der Waals surface area (Å²) in [7, 11) is 1.47. The van der Waals surface area contributed by atoms with Gasteiger partial charge < -0.3 is 19.6 Å². The highest BCUT2D eigenvalue weighted by Crippen LogP contribution is 2.48. The van der Waals surface area contributed by atoms with Gasteiger partial charge in [0.05, 0.1) is 18.6 Å². The molecule has 2 aromatic carbocycles. The molecule has 2 heterocycles. The number of alkyl halides is 3. The van der Waals surface area contributed by atoms with Crippen molar-refractivity contribution in [3.05, 3.63) is 77.2 Å². The van der Waals surface area contributed by atoms with E-state index < -0.39 is 29.3 Å². The van der Waals surface area contributed by atoms with Crippen LogP contribution >= 0.6 is 0 Å². The molecule has 9 heteroatoms. The van der Waals surface area contributed by atoms with Crippen LogP contribution in [0.15, 0.2) is 70.2 Å². The van der Waals surface area contributed by atoms with E-state index in [0.717, 1.165) is 0 Å². The Balaban J connectivity index is 2.00. The third-order valence-corrected chi connectivity index (χ3v) is 4.65. The Morgan fingerprint density at radius 3 is 2.43 bits per heavy atom. The number of benzene rings is 2. The average molecular weight is 413 g/mol. The van der Waals surface area contributed by atoms with Gasteiger partial charge in [0.25, 0.3) is 0 Å². The predicted octanol–water partition coefficient (Wildman–Crippen LogP) is 4.62. The fraction of sp³-hybridized carbons (Fsp3) is 0.143. The Hall–Kier alpha value is -3.93. The lowest BCUT2D eigenvalue weighted by atomic mass is 9.82. The van der Waals surface area contributed by atoms with Gasteiger partial charge in [0.15, 0.2) is 5.58 Å². The molecular weight excluding hydrogens is 399 g/mol. The number of nitrogens with two attached hydrogens (primary N) is 1. The Kier molecular flexibility index (Phi) is 4.62. The third kappa shape index (κ3) is 3.22. The first-order valence-electron chi connectivity index (χ1n) is 8.72. The van der Waals surface area contributed by atoms with E-state index in [1.807, 2.05) is 6.07 Å². The molecule has 0 spiro atoms. The number of para-hydroxylation sites is 2. The second-order valence-electron chi connectivity index (χ2n) is 6.43. The molecule has 0 unspecified atom stereocenters. The van der Waals surface area contributed by atoms with E-state index in [4.69, 9.17) is 19.6 Å². The van der Waals surface area contributed by atoms with E-state index in [1.54, 1.807) is 48.5 Å². The number of oxazole rings is 1. The van der Waals surface area contributed by atoms with E-state index in [0.29, 0.717) is 22.4 Å². The number of nitriles is 1. The Bertz CT molecular complexity index is 1190. The molecule has 1 aromatic heterocycles. The molecule has 3 aromatic rings. The third-order valence-electron chi connectivity index (χ3n) is 4.65. The highest BCUT2D eigenvalue weighted by molar-refractivity contribution is 5.81. The van der Waals surface area contributed by atoms with Crippen molar-refractivity contribution in [3.63, 3.8) is 0 Å². The quantitative estimate of drug-likeness (QED) is 0.674. The number of ether oxygens (including phenoxy) is 2. The number of allylic oxidation sites excluding steroid dienone is 3. The van der Waals surface area contributed by atoms with Crippen LogP contribution in [0, 0.1) is 11.3 Å². The first-order valence-corrected chi connectivity index (χ1v) is 8.72. The fourth-order valence-electron chi connectivity index (χ4n) is 3.31. The van der Waals surface area contributed by atoms with Crippen molar-refractivity contribution in [1.82, 2.24) is 4.98 Å². The van der Waals surface area contributed by atoms with E-state index >= 15 is 0 Å². The van der Waals surface area contributed by atoms with Gasteiger partial charge in [0.2, 0.25) is 17.5 Å². The van der Waals surface area contributed by atoms with Crippen LogP contribution in [0.5, 0.6) is 5.75 Å². The van der Waals surface area contributed by atoms with Crippen molar-refractivity contribution in [3.8, 4) is 11.8 Å². The summed E-state index contributed by atoms with van der Waals surface area (Å²) in [6, 6.07) is 14.7. The van der Waals surface area contributed by atoms with Crippen molar-refractivity contribution < 1.29 is 27.1 Å². The first kappa shape index (κ1) is 19.4. The molecule has 0 saturated carbocycles. The average Bonchev–Trinajstić information content (AvgIpc) is 3.16. The van der Waals surface area contributed by atoms with E-state index in [-0.39, 0.29) is 11.5 Å². The van der Waals surface area contributed by atoms with Crippen molar-refractivity contribution in [2.45, 2.75) is 12.1 Å². The summed E-state index contributed by atoms with van der Waals surface area (Å²) in [6.45, 7) is 0. The number of methoxy groups -OCH3 is 1. The molecule has 0 bridgehead atoms. The van der Waals surface area contributed by atoms with Gasteiger partial charge in [0.1, 0.15) is 22.9 Å². The number of aromatic nitrogens is 1. The molecule has 152 valence electrons. The number of fused-ring (bicyclic) bond motifs is 1. The summed E-state index contributed by atoms with van der Waals surface area (Å²) in [5, 5.41) is 9.64. The summed E-state index contributed by atoms with van der Waals surface area (Å²) < 4.78 is 57.3. The highest BCUT2D eigenvalue weighted by atomic mass is 19.4. The second-order valence-corrected chi connectivity index (χ2v) is 6.43. The first-order chi connectivity index (χ1) is 14.3. The largest absolute Gasteiger partial charge is 0.497 e. The lowest BCUT2D eigenvalue weighted by Crippen LogP contribution is -2.27. The Labute approximate surface area is 168 Å². The molecule has 0 fully saturated rings. The number of hydrogen-bond donors (Lipinski definition) is 1. The van der Waals surface area contributed by atoms with E-state index in [1.165, 1.54) is 7.11 Å². The number of nitrogens with zero attached hydrogens (tertiary/aromatic N) is 2. The summed E-state index contributed by atoms with van der Waals surface area (Å²) in [5.41, 5.74) is 6.15. The molecule has 0 saturated heterocycles. The van der Waals surface area contributed by atoms with Crippen LogP contribution in [0.1, 0.15) is 17.4 Å². The van der Waals surface area contributed by atoms with Gasteiger partial charge in [-0.25, -0.2) is 4.98 Å². The number of halogens is 3. The minimum absolute atomic E-state index is 0.176. The molecule has 0 aliphatic carbocycles. The summed E-state index contributed by atoms with van der Waals surface area (Å²) in [5.74, 6) is -2.98. The summed E-state index contributed by atoms with van der Waals surface area (Å²) in [6.07, 6.45) is -4.90. The maximum absolute atomic E-state index is 13.9. The van der Waals surface area contributed by atoms with Crippen LogP contribution in [0.4, 0.5) is 13.2 Å². The van der Waals surface area contributed by atoms with Crippen molar-refractivity contribution >= 4 is 16.7 Å². The van der Waals surface area contributed by atoms with E-state index in [9.17, 15) is 18.4 Å². The lowest BCUT2D eigenvalue weighted by Gasteiger charge is -2.28. The Morgan fingerprint density at radius 2 is 1.83 bits per heavy atom. The Morgan fingerprint density at radius 1 is 1.13 bits per heavy atom. The van der Waals surface area contributed by atoms with Crippen molar-refractivity contribution in [2.75, 3.05) is 7.11 Å². The second kappa shape index (κ2) is 7.15. The molecule has 6 nitrogen and oxygen atoms in total. The van der Waals surface area contributed by atoms with Crippen LogP contribution in [-0.4, -0.2) is 18.3 Å². The zero-order valence-electron chi connectivity index (χ0n) is 15.5. The van der Waals surface area contributed by atoms with E-state index in [2.05, 4.69) is 4.98 Å². The molecule has 4 rings (SSSR count).